The Balaban J connectivity index is 1.54. The van der Waals surface area contributed by atoms with Crippen molar-refractivity contribution in [1.82, 2.24) is 4.98 Å². The standard InChI is InChI=1S/C25H29N3O3/c1-4-31-22-9-5-19(6-10-22)25-23(13-14-24(26-25)30-3)28-17-15-27(16-18-28)20-7-11-21(29-2)12-8-20/h5-14H,4,15-18H2,1-3H3. The molecule has 0 N–H and O–H groups in total. The van der Waals surface area contributed by atoms with E-state index in [1.807, 2.05) is 37.3 Å². The van der Waals surface area contributed by atoms with Gasteiger partial charge in [0.2, 0.25) is 5.88 Å². The van der Waals surface area contributed by atoms with E-state index in [1.165, 1.54) is 5.69 Å². The summed E-state index contributed by atoms with van der Waals surface area (Å²) in [6.07, 6.45) is 0. The van der Waals surface area contributed by atoms with Crippen molar-refractivity contribution in [2.24, 2.45) is 0 Å². The number of hydrogen-bond acceptors (Lipinski definition) is 6. The number of rotatable bonds is 7. The maximum Gasteiger partial charge on any atom is 0.213 e. The largest absolute Gasteiger partial charge is 0.497 e. The van der Waals surface area contributed by atoms with Crippen molar-refractivity contribution in [2.45, 2.75) is 6.92 Å². The molecule has 1 saturated heterocycles. The first-order chi connectivity index (χ1) is 15.2. The second kappa shape index (κ2) is 9.60. The third-order valence-corrected chi connectivity index (χ3v) is 5.55. The molecule has 1 fully saturated rings. The van der Waals surface area contributed by atoms with Gasteiger partial charge in [-0.25, -0.2) is 4.98 Å². The molecular weight excluding hydrogens is 390 g/mol. The molecular formula is C25H29N3O3. The molecule has 0 radical (unpaired) electrons. The van der Waals surface area contributed by atoms with Gasteiger partial charge in [-0.2, -0.15) is 0 Å². The monoisotopic (exact) mass is 419 g/mol. The number of nitrogens with zero attached hydrogens (tertiary/aromatic N) is 3. The summed E-state index contributed by atoms with van der Waals surface area (Å²) in [5.74, 6) is 2.36. The first kappa shape index (κ1) is 20.8. The molecule has 1 aliphatic rings. The minimum atomic E-state index is 0.615. The molecule has 0 saturated carbocycles. The minimum absolute atomic E-state index is 0.615. The van der Waals surface area contributed by atoms with Crippen LogP contribution in [0.15, 0.2) is 60.7 Å². The van der Waals surface area contributed by atoms with E-state index < -0.39 is 0 Å². The van der Waals surface area contributed by atoms with Crippen LogP contribution >= 0.6 is 0 Å². The molecule has 1 aliphatic heterocycles. The zero-order chi connectivity index (χ0) is 21.6. The predicted molar refractivity (Wildman–Crippen MR) is 125 cm³/mol. The molecule has 162 valence electrons. The predicted octanol–water partition coefficient (Wildman–Crippen LogP) is 4.49. The Hall–Kier alpha value is -3.41. The van der Waals surface area contributed by atoms with Crippen LogP contribution in [0, 0.1) is 0 Å². The maximum atomic E-state index is 5.59. The second-order valence-corrected chi connectivity index (χ2v) is 7.35. The van der Waals surface area contributed by atoms with Gasteiger partial charge >= 0.3 is 0 Å². The highest BCUT2D eigenvalue weighted by molar-refractivity contribution is 5.76. The van der Waals surface area contributed by atoms with Crippen LogP contribution in [0.2, 0.25) is 0 Å². The van der Waals surface area contributed by atoms with Gasteiger partial charge in [-0.05, 0) is 61.5 Å². The van der Waals surface area contributed by atoms with E-state index in [0.29, 0.717) is 12.5 Å². The van der Waals surface area contributed by atoms with Gasteiger partial charge in [-0.1, -0.05) is 0 Å². The summed E-state index contributed by atoms with van der Waals surface area (Å²) in [6.45, 7) is 6.37. The lowest BCUT2D eigenvalue weighted by Crippen LogP contribution is -2.46. The highest BCUT2D eigenvalue weighted by atomic mass is 16.5. The molecule has 0 atom stereocenters. The van der Waals surface area contributed by atoms with Gasteiger partial charge in [-0.15, -0.1) is 0 Å². The van der Waals surface area contributed by atoms with Crippen molar-refractivity contribution < 1.29 is 14.2 Å². The van der Waals surface area contributed by atoms with Crippen LogP contribution in [-0.2, 0) is 0 Å². The van der Waals surface area contributed by atoms with Crippen molar-refractivity contribution in [3.63, 3.8) is 0 Å². The third kappa shape index (κ3) is 4.68. The normalized spacial score (nSPS) is 13.8. The number of piperazine rings is 1. The highest BCUT2D eigenvalue weighted by Crippen LogP contribution is 2.33. The van der Waals surface area contributed by atoms with E-state index in [4.69, 9.17) is 19.2 Å². The number of pyridine rings is 1. The van der Waals surface area contributed by atoms with E-state index >= 15 is 0 Å². The number of benzene rings is 2. The van der Waals surface area contributed by atoms with Crippen molar-refractivity contribution >= 4 is 11.4 Å². The Morgan fingerprint density at radius 3 is 2.00 bits per heavy atom. The Bertz CT molecular complexity index is 982. The van der Waals surface area contributed by atoms with Crippen LogP contribution in [0.25, 0.3) is 11.3 Å². The van der Waals surface area contributed by atoms with Crippen LogP contribution in [0.1, 0.15) is 6.92 Å². The van der Waals surface area contributed by atoms with E-state index in [-0.39, 0.29) is 0 Å². The van der Waals surface area contributed by atoms with Crippen molar-refractivity contribution in [3.05, 3.63) is 60.7 Å². The molecule has 6 heteroatoms. The fraction of sp³-hybridized carbons (Fsp3) is 0.320. The average Bonchev–Trinajstić information content (AvgIpc) is 2.84. The molecule has 1 aromatic heterocycles. The minimum Gasteiger partial charge on any atom is -0.497 e. The van der Waals surface area contributed by atoms with E-state index in [0.717, 1.165) is 54.6 Å². The van der Waals surface area contributed by atoms with Crippen molar-refractivity contribution in [1.29, 1.82) is 0 Å². The van der Waals surface area contributed by atoms with Crippen molar-refractivity contribution in [3.8, 4) is 28.6 Å². The van der Waals surface area contributed by atoms with Gasteiger partial charge in [0.15, 0.2) is 0 Å². The fourth-order valence-electron chi connectivity index (χ4n) is 3.89. The third-order valence-electron chi connectivity index (χ3n) is 5.55. The summed E-state index contributed by atoms with van der Waals surface area (Å²) in [7, 11) is 3.34. The van der Waals surface area contributed by atoms with Crippen LogP contribution in [0.4, 0.5) is 11.4 Å². The summed E-state index contributed by atoms with van der Waals surface area (Å²) >= 11 is 0. The van der Waals surface area contributed by atoms with Crippen LogP contribution < -0.4 is 24.0 Å². The lowest BCUT2D eigenvalue weighted by Gasteiger charge is -2.38. The van der Waals surface area contributed by atoms with E-state index in [1.54, 1.807) is 14.2 Å². The second-order valence-electron chi connectivity index (χ2n) is 7.35. The first-order valence-corrected chi connectivity index (χ1v) is 10.6. The number of ether oxygens (including phenoxy) is 3. The first-order valence-electron chi connectivity index (χ1n) is 10.6. The lowest BCUT2D eigenvalue weighted by atomic mass is 10.1. The van der Waals surface area contributed by atoms with Gasteiger partial charge < -0.3 is 24.0 Å². The van der Waals surface area contributed by atoms with Gasteiger partial charge in [0.1, 0.15) is 11.5 Å². The van der Waals surface area contributed by atoms with E-state index in [9.17, 15) is 0 Å². The zero-order valence-electron chi connectivity index (χ0n) is 18.4. The van der Waals surface area contributed by atoms with Gasteiger partial charge in [0.05, 0.1) is 32.2 Å². The molecule has 31 heavy (non-hydrogen) atoms. The Labute approximate surface area is 184 Å². The molecule has 0 aliphatic carbocycles. The van der Waals surface area contributed by atoms with Gasteiger partial charge in [0, 0.05) is 43.5 Å². The molecule has 2 aromatic carbocycles. The fourth-order valence-corrected chi connectivity index (χ4v) is 3.89. The smallest absolute Gasteiger partial charge is 0.213 e. The Kier molecular flexibility index (Phi) is 6.46. The average molecular weight is 420 g/mol. The quantitative estimate of drug-likeness (QED) is 0.562. The molecule has 0 unspecified atom stereocenters. The van der Waals surface area contributed by atoms with Crippen LogP contribution in [0.3, 0.4) is 0 Å². The summed E-state index contributed by atoms with van der Waals surface area (Å²) in [5, 5.41) is 0. The van der Waals surface area contributed by atoms with Gasteiger partial charge in [-0.3, -0.25) is 0 Å². The number of hydrogen-bond donors (Lipinski definition) is 0. The molecule has 4 rings (SSSR count). The summed E-state index contributed by atoms with van der Waals surface area (Å²) in [6, 6.07) is 20.4. The van der Waals surface area contributed by atoms with Crippen LogP contribution in [-0.4, -0.2) is 52.0 Å². The highest BCUT2D eigenvalue weighted by Gasteiger charge is 2.21. The molecule has 0 amide bonds. The Morgan fingerprint density at radius 2 is 1.39 bits per heavy atom. The van der Waals surface area contributed by atoms with Gasteiger partial charge in [0.25, 0.3) is 0 Å². The summed E-state index contributed by atoms with van der Waals surface area (Å²) < 4.78 is 16.3. The molecule has 3 aromatic rings. The Morgan fingerprint density at radius 1 is 0.742 bits per heavy atom. The topological polar surface area (TPSA) is 47.1 Å². The van der Waals surface area contributed by atoms with Crippen LogP contribution in [0.5, 0.6) is 17.4 Å². The maximum absolute atomic E-state index is 5.59. The molecule has 2 heterocycles. The lowest BCUT2D eigenvalue weighted by molar-refractivity contribution is 0.340. The number of anilines is 2. The molecule has 0 spiro atoms. The van der Waals surface area contributed by atoms with Crippen molar-refractivity contribution in [2.75, 3.05) is 56.8 Å². The SMILES string of the molecule is CCOc1ccc(-c2nc(OC)ccc2N2CCN(c3ccc(OC)cc3)CC2)cc1. The summed E-state index contributed by atoms with van der Waals surface area (Å²) in [4.78, 5) is 9.58. The molecule has 0 bridgehead atoms. The summed E-state index contributed by atoms with van der Waals surface area (Å²) in [5.41, 5.74) is 4.33. The zero-order valence-corrected chi connectivity index (χ0v) is 18.4. The van der Waals surface area contributed by atoms with E-state index in [2.05, 4.69) is 40.1 Å². The number of aromatic nitrogens is 1. The molecule has 6 nitrogen and oxygen atoms in total. The number of methoxy groups -OCH3 is 2.